The van der Waals surface area contributed by atoms with E-state index in [0.29, 0.717) is 19.5 Å². The topological polar surface area (TPSA) is 65.5 Å². The van der Waals surface area contributed by atoms with Crippen LogP contribution < -0.4 is 15.1 Å². The lowest BCUT2D eigenvalue weighted by molar-refractivity contribution is -0.121. The summed E-state index contributed by atoms with van der Waals surface area (Å²) in [6.45, 7) is 1.31. The fourth-order valence-electron chi connectivity index (χ4n) is 3.56. The lowest BCUT2D eigenvalue weighted by Crippen LogP contribution is -2.55. The number of carbonyl (C=O) groups excluding carboxylic acids is 2. The number of aromatic nitrogens is 1. The summed E-state index contributed by atoms with van der Waals surface area (Å²) in [7, 11) is 0. The molecule has 25 heavy (non-hydrogen) atoms. The van der Waals surface area contributed by atoms with Crippen LogP contribution in [0, 0.1) is 0 Å². The van der Waals surface area contributed by atoms with Gasteiger partial charge in [0.2, 0.25) is 5.91 Å². The Kier molecular flexibility index (Phi) is 4.09. The number of piperidine rings is 1. The van der Waals surface area contributed by atoms with Crippen LogP contribution in [0.5, 0.6) is 0 Å². The molecule has 0 aliphatic carbocycles. The minimum atomic E-state index is -0.491. The number of amides is 3. The van der Waals surface area contributed by atoms with Gasteiger partial charge in [-0.2, -0.15) is 0 Å². The third-order valence-corrected chi connectivity index (χ3v) is 4.83. The van der Waals surface area contributed by atoms with Crippen LogP contribution in [-0.4, -0.2) is 36.1 Å². The van der Waals surface area contributed by atoms with Crippen LogP contribution in [0.25, 0.3) is 0 Å². The third-order valence-electron chi connectivity index (χ3n) is 4.83. The molecule has 4 rings (SSSR count). The van der Waals surface area contributed by atoms with Gasteiger partial charge < -0.3 is 10.2 Å². The lowest BCUT2D eigenvalue weighted by Gasteiger charge is -2.33. The number of rotatable bonds is 2. The molecule has 1 aromatic carbocycles. The minimum Gasteiger partial charge on any atom is -0.326 e. The Morgan fingerprint density at radius 1 is 1.16 bits per heavy atom. The van der Waals surface area contributed by atoms with Crippen LogP contribution in [0.15, 0.2) is 48.8 Å². The maximum absolute atomic E-state index is 12.8. The number of hydrogen-bond donors (Lipinski definition) is 1. The molecule has 0 bridgehead atoms. The number of nitrogens with one attached hydrogen (secondary N) is 1. The highest BCUT2D eigenvalue weighted by molar-refractivity contribution is 6.02. The molecule has 1 atom stereocenters. The van der Waals surface area contributed by atoms with E-state index in [4.69, 9.17) is 0 Å². The number of carbonyl (C=O) groups is 2. The highest BCUT2D eigenvalue weighted by atomic mass is 16.2. The fourth-order valence-corrected chi connectivity index (χ4v) is 3.56. The van der Waals surface area contributed by atoms with Crippen molar-refractivity contribution in [3.63, 3.8) is 0 Å². The molecular weight excluding hydrogens is 316 g/mol. The number of urea groups is 1. The molecule has 1 fully saturated rings. The van der Waals surface area contributed by atoms with Crippen molar-refractivity contribution in [1.29, 1.82) is 0 Å². The van der Waals surface area contributed by atoms with Gasteiger partial charge >= 0.3 is 6.03 Å². The Labute approximate surface area is 146 Å². The number of fused-ring (bicyclic) bond motifs is 1. The number of para-hydroxylation sites is 1. The zero-order chi connectivity index (χ0) is 17.2. The molecular formula is C19H20N4O2. The number of benzene rings is 1. The maximum atomic E-state index is 12.8. The van der Waals surface area contributed by atoms with Crippen molar-refractivity contribution >= 4 is 23.3 Å². The molecule has 0 unspecified atom stereocenters. The van der Waals surface area contributed by atoms with E-state index in [1.807, 2.05) is 36.4 Å². The van der Waals surface area contributed by atoms with Gasteiger partial charge in [-0.05, 0) is 43.0 Å². The molecule has 3 heterocycles. The molecule has 1 saturated heterocycles. The van der Waals surface area contributed by atoms with Gasteiger partial charge in [-0.1, -0.05) is 18.2 Å². The first kappa shape index (κ1) is 15.6. The van der Waals surface area contributed by atoms with E-state index < -0.39 is 6.04 Å². The summed E-state index contributed by atoms with van der Waals surface area (Å²) in [5.74, 6) is -0.0694. The van der Waals surface area contributed by atoms with Crippen molar-refractivity contribution in [3.05, 3.63) is 54.4 Å². The van der Waals surface area contributed by atoms with Crippen molar-refractivity contribution in [2.75, 3.05) is 22.9 Å². The van der Waals surface area contributed by atoms with Crippen LogP contribution in [0.4, 0.5) is 16.2 Å². The Morgan fingerprint density at radius 2 is 2.04 bits per heavy atom. The van der Waals surface area contributed by atoms with Gasteiger partial charge in [-0.15, -0.1) is 0 Å². The van der Waals surface area contributed by atoms with Crippen LogP contribution in [0.2, 0.25) is 0 Å². The summed E-state index contributed by atoms with van der Waals surface area (Å²) >= 11 is 0. The van der Waals surface area contributed by atoms with Gasteiger partial charge in [0.15, 0.2) is 0 Å². The zero-order valence-electron chi connectivity index (χ0n) is 13.9. The van der Waals surface area contributed by atoms with E-state index in [-0.39, 0.29) is 11.9 Å². The van der Waals surface area contributed by atoms with Gasteiger partial charge in [0.05, 0.1) is 11.9 Å². The second kappa shape index (κ2) is 6.55. The van der Waals surface area contributed by atoms with Crippen molar-refractivity contribution in [2.24, 2.45) is 0 Å². The molecule has 2 aliphatic rings. The standard InChI is InChI=1S/C19H20N4O2/c24-18-16(7-4-11-22(18)15-6-3-10-20-13-15)21-19(25)23-12-9-14-5-1-2-8-17(14)23/h1-3,5-6,8,10,13,16H,4,7,9,11-12H2,(H,21,25)/t16-/m0/s1. The molecule has 128 valence electrons. The number of anilines is 2. The molecule has 0 spiro atoms. The monoisotopic (exact) mass is 336 g/mol. The summed E-state index contributed by atoms with van der Waals surface area (Å²) in [6.07, 6.45) is 5.73. The van der Waals surface area contributed by atoms with E-state index in [9.17, 15) is 9.59 Å². The normalized spacial score (nSPS) is 19.7. The summed E-state index contributed by atoms with van der Waals surface area (Å²) in [4.78, 5) is 33.0. The Morgan fingerprint density at radius 3 is 2.88 bits per heavy atom. The molecule has 2 aliphatic heterocycles. The molecule has 2 aromatic rings. The SMILES string of the molecule is O=C1[C@@H](NC(=O)N2CCc3ccccc32)CCCN1c1cccnc1. The van der Waals surface area contributed by atoms with E-state index in [0.717, 1.165) is 24.2 Å². The zero-order valence-corrected chi connectivity index (χ0v) is 13.9. The first-order valence-corrected chi connectivity index (χ1v) is 8.61. The molecule has 0 radical (unpaired) electrons. The molecule has 6 heteroatoms. The summed E-state index contributed by atoms with van der Waals surface area (Å²) in [5.41, 5.74) is 2.88. The second-order valence-electron chi connectivity index (χ2n) is 6.38. The molecule has 6 nitrogen and oxygen atoms in total. The summed E-state index contributed by atoms with van der Waals surface area (Å²) in [6, 6.07) is 10.9. The van der Waals surface area contributed by atoms with Crippen molar-refractivity contribution < 1.29 is 9.59 Å². The Hall–Kier alpha value is -2.89. The first-order chi connectivity index (χ1) is 12.2. The van der Waals surface area contributed by atoms with Gasteiger partial charge in [-0.3, -0.25) is 14.7 Å². The van der Waals surface area contributed by atoms with E-state index in [2.05, 4.69) is 10.3 Å². The minimum absolute atomic E-state index is 0.0694. The van der Waals surface area contributed by atoms with Crippen LogP contribution in [-0.2, 0) is 11.2 Å². The summed E-state index contributed by atoms with van der Waals surface area (Å²) < 4.78 is 0. The van der Waals surface area contributed by atoms with Crippen LogP contribution >= 0.6 is 0 Å². The van der Waals surface area contributed by atoms with Gasteiger partial charge in [-0.25, -0.2) is 4.79 Å². The maximum Gasteiger partial charge on any atom is 0.322 e. The average Bonchev–Trinajstić information content (AvgIpc) is 3.08. The van der Waals surface area contributed by atoms with E-state index in [1.54, 1.807) is 22.2 Å². The lowest BCUT2D eigenvalue weighted by atomic mass is 10.0. The number of pyridine rings is 1. The summed E-state index contributed by atoms with van der Waals surface area (Å²) in [5, 5.41) is 2.93. The van der Waals surface area contributed by atoms with Gasteiger partial charge in [0, 0.05) is 25.0 Å². The Balaban J connectivity index is 1.47. The van der Waals surface area contributed by atoms with Crippen molar-refractivity contribution in [2.45, 2.75) is 25.3 Å². The van der Waals surface area contributed by atoms with E-state index >= 15 is 0 Å². The highest BCUT2D eigenvalue weighted by Gasteiger charge is 2.33. The molecule has 3 amide bonds. The predicted molar refractivity (Wildman–Crippen MR) is 95.6 cm³/mol. The average molecular weight is 336 g/mol. The Bertz CT molecular complexity index is 793. The first-order valence-electron chi connectivity index (χ1n) is 8.61. The van der Waals surface area contributed by atoms with Crippen molar-refractivity contribution in [1.82, 2.24) is 10.3 Å². The highest BCUT2D eigenvalue weighted by Crippen LogP contribution is 2.28. The molecule has 0 saturated carbocycles. The van der Waals surface area contributed by atoms with Gasteiger partial charge in [0.25, 0.3) is 0 Å². The van der Waals surface area contributed by atoms with E-state index in [1.165, 1.54) is 5.56 Å². The molecule has 1 N–H and O–H groups in total. The van der Waals surface area contributed by atoms with Crippen LogP contribution in [0.1, 0.15) is 18.4 Å². The van der Waals surface area contributed by atoms with Gasteiger partial charge in [0.1, 0.15) is 6.04 Å². The second-order valence-corrected chi connectivity index (χ2v) is 6.38. The van der Waals surface area contributed by atoms with Crippen molar-refractivity contribution in [3.8, 4) is 0 Å². The third kappa shape index (κ3) is 2.95. The number of nitrogens with zero attached hydrogens (tertiary/aromatic N) is 3. The predicted octanol–water partition coefficient (Wildman–Crippen LogP) is 2.35. The molecule has 1 aromatic heterocycles. The largest absolute Gasteiger partial charge is 0.326 e. The van der Waals surface area contributed by atoms with Crippen LogP contribution in [0.3, 0.4) is 0 Å². The smallest absolute Gasteiger partial charge is 0.322 e. The fraction of sp³-hybridized carbons (Fsp3) is 0.316. The number of hydrogen-bond acceptors (Lipinski definition) is 3. The quantitative estimate of drug-likeness (QED) is 0.915.